The molecule has 0 bridgehead atoms. The molecule has 0 saturated carbocycles. The summed E-state index contributed by atoms with van der Waals surface area (Å²) < 4.78 is 16.4. The molecule has 7 aromatic carbocycles. The summed E-state index contributed by atoms with van der Waals surface area (Å²) in [5, 5.41) is 6.93. The first kappa shape index (κ1) is 37.6. The maximum absolute atomic E-state index is 6.38. The SMILES string of the molecule is C=C/C=C(\C=C)c1ccc2oc3c(c2c1)/C=C/C=C/c1c(sc2cc4c(cc12)c1cc(-c2ccc5oc6ccc(-c7ccccc7)cc6c5c2)ccc1n4-c1ccccc1)/C=C\C=C/3. The molecule has 0 spiro atoms. The fraction of sp³-hybridized carbons (Fsp3) is 0. The zero-order valence-electron chi connectivity index (χ0n) is 34.8. The van der Waals surface area contributed by atoms with E-state index < -0.39 is 0 Å². The van der Waals surface area contributed by atoms with Crippen LogP contribution in [0.1, 0.15) is 27.3 Å². The van der Waals surface area contributed by atoms with Gasteiger partial charge in [-0.25, -0.2) is 0 Å². The molecule has 0 unspecified atom stereocenters. The largest absolute Gasteiger partial charge is 0.456 e. The van der Waals surface area contributed by atoms with Gasteiger partial charge in [0, 0.05) is 58.7 Å². The zero-order valence-corrected chi connectivity index (χ0v) is 35.6. The van der Waals surface area contributed by atoms with Gasteiger partial charge in [-0.1, -0.05) is 141 Å². The van der Waals surface area contributed by atoms with Gasteiger partial charge in [0.1, 0.15) is 22.5 Å². The third-order valence-electron chi connectivity index (χ3n) is 12.4. The lowest BCUT2D eigenvalue weighted by molar-refractivity contribution is 0.603. The van der Waals surface area contributed by atoms with E-state index in [9.17, 15) is 0 Å². The number of thiophene rings is 1. The number of hydrogen-bond donors (Lipinski definition) is 0. The third kappa shape index (κ3) is 6.26. The average molecular weight is 838 g/mol. The molecule has 0 atom stereocenters. The van der Waals surface area contributed by atoms with Crippen molar-refractivity contribution in [1.82, 2.24) is 4.57 Å². The lowest BCUT2D eigenvalue weighted by Gasteiger charge is -2.08. The third-order valence-corrected chi connectivity index (χ3v) is 13.5. The molecule has 1 aliphatic rings. The molecule has 64 heavy (non-hydrogen) atoms. The Balaban J connectivity index is 0.997. The molecule has 0 fully saturated rings. The van der Waals surface area contributed by atoms with Gasteiger partial charge in [-0.3, -0.25) is 0 Å². The number of benzene rings is 7. The molecule has 0 amide bonds. The van der Waals surface area contributed by atoms with Crippen molar-refractivity contribution in [1.29, 1.82) is 0 Å². The molecule has 1 aliphatic carbocycles. The van der Waals surface area contributed by atoms with E-state index in [0.29, 0.717) is 0 Å². The standard InChI is InChI=1S/C60H39NO2S/c1-3-15-38(4-2)40-25-29-56-49(33-40)45-20-11-12-21-46-52-36-48-47-32-42(43-27-31-58-51(35-43)50-34-41(26-30-57(50)63-58)39-16-7-5-8-17-39)24-28-53(47)61(44-18-9-6-10-19-44)54(48)37-60(52)64-59(46)23-14-13-22-55(45)62-56/h3-37H,1-2H2/b12-11?,14-13?,20-11+,21-12+,22-13-,23-14-,38-15+,45-20?,46-21?,55-22?,59-23?. The summed E-state index contributed by atoms with van der Waals surface area (Å²) in [7, 11) is 0. The van der Waals surface area contributed by atoms with Crippen LogP contribution in [0, 0.1) is 0 Å². The summed E-state index contributed by atoms with van der Waals surface area (Å²) in [4.78, 5) is 1.20. The predicted molar refractivity (Wildman–Crippen MR) is 275 cm³/mol. The van der Waals surface area contributed by atoms with Crippen LogP contribution in [0.15, 0.2) is 210 Å². The minimum atomic E-state index is 0.817. The highest BCUT2D eigenvalue weighted by molar-refractivity contribution is 7.20. The Morgan fingerprint density at radius 3 is 1.86 bits per heavy atom. The van der Waals surface area contributed by atoms with E-state index in [1.165, 1.54) is 53.5 Å². The van der Waals surface area contributed by atoms with Gasteiger partial charge in [-0.2, -0.15) is 0 Å². The second kappa shape index (κ2) is 15.3. The number of hydrogen-bond acceptors (Lipinski definition) is 3. The topological polar surface area (TPSA) is 31.2 Å². The van der Waals surface area contributed by atoms with Crippen molar-refractivity contribution < 1.29 is 8.83 Å². The van der Waals surface area contributed by atoms with E-state index in [2.05, 4.69) is 206 Å². The minimum Gasteiger partial charge on any atom is -0.456 e. The quantitative estimate of drug-likeness (QED) is 0.156. The lowest BCUT2D eigenvalue weighted by atomic mass is 9.99. The molecule has 11 aromatic rings. The second-order valence-corrected chi connectivity index (χ2v) is 17.2. The van der Waals surface area contributed by atoms with Gasteiger partial charge in [-0.15, -0.1) is 11.3 Å². The molecule has 12 rings (SSSR count). The maximum atomic E-state index is 6.38. The van der Waals surface area contributed by atoms with Crippen LogP contribution in [0.5, 0.6) is 0 Å². The number of furan rings is 2. The predicted octanol–water partition coefficient (Wildman–Crippen LogP) is 17.5. The van der Waals surface area contributed by atoms with Crippen LogP contribution < -0.4 is 0 Å². The van der Waals surface area contributed by atoms with E-state index >= 15 is 0 Å². The monoisotopic (exact) mass is 837 g/mol. The molecule has 0 N–H and O–H groups in total. The molecule has 3 nitrogen and oxygen atoms in total. The highest BCUT2D eigenvalue weighted by atomic mass is 32.1. The van der Waals surface area contributed by atoms with Crippen molar-refractivity contribution in [3.63, 3.8) is 0 Å². The van der Waals surface area contributed by atoms with E-state index in [1.54, 1.807) is 6.08 Å². The van der Waals surface area contributed by atoms with Crippen molar-refractivity contribution in [2.24, 2.45) is 0 Å². The van der Waals surface area contributed by atoms with Crippen molar-refractivity contribution >= 4 is 106 Å². The first-order chi connectivity index (χ1) is 31.6. The van der Waals surface area contributed by atoms with Gasteiger partial charge in [0.2, 0.25) is 0 Å². The summed E-state index contributed by atoms with van der Waals surface area (Å²) in [5.41, 5.74) is 15.1. The summed E-state index contributed by atoms with van der Waals surface area (Å²) in [6.45, 7) is 7.91. The molecule has 4 heterocycles. The van der Waals surface area contributed by atoms with E-state index in [-0.39, 0.29) is 0 Å². The Hall–Kier alpha value is -8.18. The lowest BCUT2D eigenvalue weighted by Crippen LogP contribution is -1.93. The smallest absolute Gasteiger partial charge is 0.135 e. The fourth-order valence-electron chi connectivity index (χ4n) is 9.35. The number of allylic oxidation sites excluding steroid dienone is 8. The van der Waals surface area contributed by atoms with E-state index in [0.717, 1.165) is 72.2 Å². The maximum Gasteiger partial charge on any atom is 0.135 e. The Kier molecular flexibility index (Phi) is 8.99. The Morgan fingerprint density at radius 2 is 1.11 bits per heavy atom. The molecule has 302 valence electrons. The van der Waals surface area contributed by atoms with Gasteiger partial charge in [0.15, 0.2) is 0 Å². The summed E-state index contributed by atoms with van der Waals surface area (Å²) >= 11 is 1.82. The van der Waals surface area contributed by atoms with Crippen molar-refractivity contribution in [2.45, 2.75) is 0 Å². The highest BCUT2D eigenvalue weighted by Gasteiger charge is 2.19. The summed E-state index contributed by atoms with van der Waals surface area (Å²) in [6.07, 6.45) is 22.8. The number of para-hydroxylation sites is 1. The van der Waals surface area contributed by atoms with Gasteiger partial charge < -0.3 is 13.4 Å². The first-order valence-corrected chi connectivity index (χ1v) is 22.3. The zero-order chi connectivity index (χ0) is 42.7. The van der Waals surface area contributed by atoms with Crippen LogP contribution in [0.25, 0.3) is 123 Å². The first-order valence-electron chi connectivity index (χ1n) is 21.5. The molecule has 0 aliphatic heterocycles. The molecular formula is C60H39NO2S. The normalized spacial score (nSPS) is 15.0. The summed E-state index contributed by atoms with van der Waals surface area (Å²) in [5.74, 6) is 0.817. The molecule has 4 heteroatoms. The van der Waals surface area contributed by atoms with Gasteiger partial charge >= 0.3 is 0 Å². The van der Waals surface area contributed by atoms with Crippen LogP contribution in [-0.2, 0) is 0 Å². The fourth-order valence-corrected chi connectivity index (χ4v) is 10.5. The summed E-state index contributed by atoms with van der Waals surface area (Å²) in [6, 6.07) is 52.3. The van der Waals surface area contributed by atoms with Crippen LogP contribution >= 0.6 is 11.3 Å². The van der Waals surface area contributed by atoms with Crippen molar-refractivity contribution in [2.75, 3.05) is 0 Å². The Labute approximate surface area is 374 Å². The van der Waals surface area contributed by atoms with Gasteiger partial charge in [0.05, 0.1) is 11.0 Å². The molecule has 4 aromatic heterocycles. The van der Waals surface area contributed by atoms with E-state index in [4.69, 9.17) is 8.83 Å². The number of aromatic nitrogens is 1. The average Bonchev–Trinajstić information content (AvgIpc) is 4.07. The van der Waals surface area contributed by atoms with Crippen LogP contribution in [0.3, 0.4) is 0 Å². The van der Waals surface area contributed by atoms with Gasteiger partial charge in [-0.05, 0) is 118 Å². The second-order valence-electron chi connectivity index (χ2n) is 16.1. The molecule has 0 radical (unpaired) electrons. The van der Waals surface area contributed by atoms with Gasteiger partial charge in [0.25, 0.3) is 0 Å². The van der Waals surface area contributed by atoms with E-state index in [1.807, 2.05) is 29.6 Å². The molecular weight excluding hydrogens is 799 g/mol. The van der Waals surface area contributed by atoms with Crippen LogP contribution in [0.2, 0.25) is 0 Å². The van der Waals surface area contributed by atoms with Crippen LogP contribution in [-0.4, -0.2) is 4.57 Å². The molecule has 0 saturated heterocycles. The van der Waals surface area contributed by atoms with Crippen molar-refractivity contribution in [3.05, 3.63) is 229 Å². The Bertz CT molecular complexity index is 3860. The number of fused-ring (bicyclic) bond motifs is 12. The number of rotatable bonds is 6. The number of nitrogens with zero attached hydrogens (tertiary/aromatic N) is 1. The highest BCUT2D eigenvalue weighted by Crippen LogP contribution is 2.43. The van der Waals surface area contributed by atoms with Crippen LogP contribution in [0.4, 0.5) is 0 Å². The minimum absolute atomic E-state index is 0.817. The van der Waals surface area contributed by atoms with Crippen molar-refractivity contribution in [3.8, 4) is 27.9 Å². The Morgan fingerprint density at radius 1 is 0.484 bits per heavy atom.